The fraction of sp³-hybridized carbons (Fsp3) is 0.930. The highest BCUT2D eigenvalue weighted by molar-refractivity contribution is 5.82. The molecule has 4 aliphatic heterocycles. The molecule has 4 saturated heterocycles. The van der Waals surface area contributed by atoms with Gasteiger partial charge in [0.15, 0.2) is 25.0 Å². The van der Waals surface area contributed by atoms with Gasteiger partial charge in [0.2, 0.25) is 0 Å². The smallest absolute Gasteiger partial charge is 0.330 e. The van der Waals surface area contributed by atoms with Crippen molar-refractivity contribution >= 4 is 5.97 Å². The Kier molecular flexibility index (Phi) is 17.9. The highest BCUT2D eigenvalue weighted by atomic mass is 16.7. The summed E-state index contributed by atoms with van der Waals surface area (Å²) in [5.74, 6) is -1.89. The number of ether oxygens (including phenoxy) is 9. The molecule has 0 amide bonds. The largest absolute Gasteiger partial charge is 0.454 e. The van der Waals surface area contributed by atoms with Crippen molar-refractivity contribution in [2.75, 3.05) is 20.3 Å². The molecule has 66 heavy (non-hydrogen) atoms. The number of methoxy groups -OCH3 is 1. The van der Waals surface area contributed by atoms with Crippen molar-refractivity contribution in [1.82, 2.24) is 0 Å². The molecule has 0 bridgehead atoms. The lowest BCUT2D eigenvalue weighted by molar-refractivity contribution is -0.351. The third kappa shape index (κ3) is 11.6. The Morgan fingerprint density at radius 2 is 1.24 bits per heavy atom. The molecule has 4 heterocycles. The minimum absolute atomic E-state index is 0.0342. The van der Waals surface area contributed by atoms with Crippen molar-refractivity contribution in [3.05, 3.63) is 12.2 Å². The SMILES string of the molecule is COC1CC(C2OC3CC(O)CC(O[C@@H]4O[C@H](CO)[C@@H](O)[C@H](O)[C@H]4O)C3CC2O[C@@H]2O[C@H](CO[C@@H]3O[C@@H](C)[C@H](OC(=O)C=CC4CCC(O)C(O)C4)[C@@H](O)[C@H]3O)[C@@H](O)[C@H](O)[C@H]2O)CCC1O. The van der Waals surface area contributed by atoms with E-state index in [1.54, 1.807) is 6.08 Å². The van der Waals surface area contributed by atoms with Crippen LogP contribution in [-0.2, 0) is 47.4 Å². The average Bonchev–Trinajstić information content (AvgIpc) is 3.29. The molecule has 0 aromatic heterocycles. The number of aliphatic hydroxyl groups excluding tert-OH is 13. The molecule has 7 rings (SSSR count). The molecule has 27 atom stereocenters. The highest BCUT2D eigenvalue weighted by Crippen LogP contribution is 2.45. The Labute approximate surface area is 381 Å². The topological polar surface area (TPSA) is 363 Å². The van der Waals surface area contributed by atoms with E-state index in [9.17, 15) is 71.2 Å². The Morgan fingerprint density at radius 1 is 0.606 bits per heavy atom. The quantitative estimate of drug-likeness (QED) is 0.0607. The summed E-state index contributed by atoms with van der Waals surface area (Å²) in [4.78, 5) is 12.7. The lowest BCUT2D eigenvalue weighted by Gasteiger charge is -2.52. The lowest BCUT2D eigenvalue weighted by atomic mass is 9.72. The summed E-state index contributed by atoms with van der Waals surface area (Å²) in [7, 11) is 1.48. The minimum atomic E-state index is -1.84. The average molecular weight is 955 g/mol. The van der Waals surface area contributed by atoms with Gasteiger partial charge in [-0.25, -0.2) is 4.79 Å². The van der Waals surface area contributed by atoms with Crippen molar-refractivity contribution in [3.8, 4) is 0 Å². The molecule has 13 N–H and O–H groups in total. The van der Waals surface area contributed by atoms with Crippen molar-refractivity contribution in [3.63, 3.8) is 0 Å². The van der Waals surface area contributed by atoms with Gasteiger partial charge in [-0.15, -0.1) is 0 Å². The van der Waals surface area contributed by atoms with Gasteiger partial charge in [-0.3, -0.25) is 0 Å². The molecule has 3 saturated carbocycles. The molecule has 7 aliphatic rings. The third-order valence-electron chi connectivity index (χ3n) is 14.6. The summed E-state index contributed by atoms with van der Waals surface area (Å²) < 4.78 is 53.6. The van der Waals surface area contributed by atoms with E-state index in [0.717, 1.165) is 6.08 Å². The highest BCUT2D eigenvalue weighted by Gasteiger charge is 2.55. The second-order valence-electron chi connectivity index (χ2n) is 19.1. The Balaban J connectivity index is 1.02. The molecule has 7 fully saturated rings. The third-order valence-corrected chi connectivity index (χ3v) is 14.6. The molecule has 0 aromatic carbocycles. The van der Waals surface area contributed by atoms with Crippen LogP contribution in [0.25, 0.3) is 0 Å². The molecular weight excluding hydrogens is 884 g/mol. The molecule has 0 radical (unpaired) electrons. The van der Waals surface area contributed by atoms with Crippen LogP contribution in [0.15, 0.2) is 12.2 Å². The molecular formula is C43H70O23. The summed E-state index contributed by atoms with van der Waals surface area (Å²) in [6, 6.07) is 0. The van der Waals surface area contributed by atoms with E-state index in [1.165, 1.54) is 14.0 Å². The lowest BCUT2D eigenvalue weighted by Crippen LogP contribution is -2.64. The second kappa shape index (κ2) is 22.6. The number of fused-ring (bicyclic) bond motifs is 1. The Bertz CT molecular complexity index is 1580. The van der Waals surface area contributed by atoms with Crippen LogP contribution in [0.4, 0.5) is 0 Å². The number of aliphatic hydroxyl groups is 13. The van der Waals surface area contributed by atoms with Crippen molar-refractivity contribution in [1.29, 1.82) is 0 Å². The van der Waals surface area contributed by atoms with E-state index in [0.29, 0.717) is 32.1 Å². The zero-order valence-corrected chi connectivity index (χ0v) is 36.9. The van der Waals surface area contributed by atoms with E-state index in [4.69, 9.17) is 42.6 Å². The number of allylic oxidation sites excluding steroid dienone is 1. The number of hydrogen-bond acceptors (Lipinski definition) is 23. The van der Waals surface area contributed by atoms with Gasteiger partial charge >= 0.3 is 5.97 Å². The van der Waals surface area contributed by atoms with Crippen LogP contribution in [0, 0.1) is 17.8 Å². The fourth-order valence-corrected chi connectivity index (χ4v) is 10.7. The molecule has 3 aliphatic carbocycles. The number of rotatable bonds is 13. The van der Waals surface area contributed by atoms with Crippen LogP contribution < -0.4 is 0 Å². The van der Waals surface area contributed by atoms with Gasteiger partial charge in [0.1, 0.15) is 61.0 Å². The first-order chi connectivity index (χ1) is 31.4. The van der Waals surface area contributed by atoms with Crippen LogP contribution in [0.3, 0.4) is 0 Å². The fourth-order valence-electron chi connectivity index (χ4n) is 10.7. The molecule has 380 valence electrons. The zero-order chi connectivity index (χ0) is 47.7. The number of esters is 1. The zero-order valence-electron chi connectivity index (χ0n) is 36.9. The number of carbonyl (C=O) groups is 1. The maximum atomic E-state index is 12.7. The normalized spacial score (nSPS) is 51.6. The van der Waals surface area contributed by atoms with Gasteiger partial charge in [-0.05, 0) is 70.1 Å². The summed E-state index contributed by atoms with van der Waals surface area (Å²) in [6.07, 6.45) is -25.5. The standard InChI is InChI=1S/C43H70O23/c1-16-39(66-30(49)8-4-17-3-6-21(46)23(48)9-17)35(54)38(57)41(60-16)59-15-29-32(51)34(53)37(56)43(65-29)63-27-13-20-24(61-40(27)18-5-7-22(47)26(10-18)58-2)11-19(45)12-25(20)62-42-36(55)33(52)31(50)28(14-44)64-42/h4,8,16-29,31-48,50-57H,3,5-7,9-15H2,1-2H3/t16-,17?,18?,19?,20?,21?,22?,23?,24?,25?,26?,27?,28+,29+,31+,32+,33-,34-,35-,36+,37+,38+,39-,40?,41+,42+,43+/m0/s1. The summed E-state index contributed by atoms with van der Waals surface area (Å²) in [5.41, 5.74) is 0. The maximum absolute atomic E-state index is 12.7. The van der Waals surface area contributed by atoms with E-state index < -0.39 is 172 Å². The van der Waals surface area contributed by atoms with Gasteiger partial charge in [0.25, 0.3) is 0 Å². The first kappa shape index (κ1) is 52.2. The van der Waals surface area contributed by atoms with Crippen LogP contribution >= 0.6 is 0 Å². The molecule has 0 spiro atoms. The van der Waals surface area contributed by atoms with Crippen molar-refractivity contribution < 1.29 is 114 Å². The maximum Gasteiger partial charge on any atom is 0.330 e. The van der Waals surface area contributed by atoms with E-state index in [-0.39, 0.29) is 37.5 Å². The van der Waals surface area contributed by atoms with Crippen molar-refractivity contribution in [2.24, 2.45) is 17.8 Å². The van der Waals surface area contributed by atoms with E-state index in [2.05, 4.69) is 0 Å². The number of carbonyl (C=O) groups excluding carboxylic acids is 1. The van der Waals surface area contributed by atoms with E-state index >= 15 is 0 Å². The van der Waals surface area contributed by atoms with Crippen molar-refractivity contribution in [2.45, 2.75) is 212 Å². The van der Waals surface area contributed by atoms with Crippen LogP contribution in [-0.4, -0.2) is 240 Å². The molecule has 12 unspecified atom stereocenters. The van der Waals surface area contributed by atoms with Crippen LogP contribution in [0.2, 0.25) is 0 Å². The van der Waals surface area contributed by atoms with Gasteiger partial charge in [0, 0.05) is 25.5 Å². The summed E-state index contributed by atoms with van der Waals surface area (Å²) >= 11 is 0. The number of hydrogen-bond donors (Lipinski definition) is 13. The summed E-state index contributed by atoms with van der Waals surface area (Å²) in [6.45, 7) is 0.219. The van der Waals surface area contributed by atoms with Crippen LogP contribution in [0.5, 0.6) is 0 Å². The Morgan fingerprint density at radius 3 is 1.91 bits per heavy atom. The first-order valence-corrected chi connectivity index (χ1v) is 23.1. The molecule has 23 nitrogen and oxygen atoms in total. The molecule has 23 heteroatoms. The van der Waals surface area contributed by atoms with Gasteiger partial charge in [-0.1, -0.05) is 6.08 Å². The predicted octanol–water partition coefficient (Wildman–Crippen LogP) is -5.06. The Hall–Kier alpha value is -1.63. The van der Waals surface area contributed by atoms with Gasteiger partial charge in [0.05, 0.1) is 74.3 Å². The van der Waals surface area contributed by atoms with Crippen LogP contribution in [0.1, 0.15) is 64.7 Å². The predicted molar refractivity (Wildman–Crippen MR) is 217 cm³/mol. The summed E-state index contributed by atoms with van der Waals surface area (Å²) in [5, 5.41) is 138. The monoisotopic (exact) mass is 954 g/mol. The minimum Gasteiger partial charge on any atom is -0.454 e. The molecule has 0 aromatic rings. The van der Waals surface area contributed by atoms with E-state index in [1.807, 2.05) is 0 Å². The van der Waals surface area contributed by atoms with Gasteiger partial charge < -0.3 is 109 Å². The second-order valence-corrected chi connectivity index (χ2v) is 19.1. The first-order valence-electron chi connectivity index (χ1n) is 23.1. The van der Waals surface area contributed by atoms with Gasteiger partial charge in [-0.2, -0.15) is 0 Å².